The van der Waals surface area contributed by atoms with Gasteiger partial charge in [-0.1, -0.05) is 31.4 Å². The fourth-order valence-electron chi connectivity index (χ4n) is 1.61. The van der Waals surface area contributed by atoms with Crippen LogP contribution in [0.4, 0.5) is 5.69 Å². The molecule has 0 saturated carbocycles. The molecule has 1 aromatic carbocycles. The standard InChI is InChI=1S/C13H17N/c1-6-11-10(3)8-9-13(14(4)5)12(11)7-2/h6-9H,1-2H2,3-5H3. The summed E-state index contributed by atoms with van der Waals surface area (Å²) in [5.74, 6) is 0. The van der Waals surface area contributed by atoms with E-state index in [0.717, 1.165) is 5.56 Å². The average molecular weight is 187 g/mol. The molecule has 0 unspecified atom stereocenters. The van der Waals surface area contributed by atoms with Crippen molar-refractivity contribution in [1.82, 2.24) is 0 Å². The van der Waals surface area contributed by atoms with Gasteiger partial charge in [0, 0.05) is 25.3 Å². The third-order valence-corrected chi connectivity index (χ3v) is 2.37. The molecule has 74 valence electrons. The molecule has 0 spiro atoms. The van der Waals surface area contributed by atoms with Gasteiger partial charge in [-0.25, -0.2) is 0 Å². The molecular formula is C13H17N. The summed E-state index contributed by atoms with van der Waals surface area (Å²) >= 11 is 0. The van der Waals surface area contributed by atoms with E-state index in [1.165, 1.54) is 16.8 Å². The van der Waals surface area contributed by atoms with Crippen LogP contribution < -0.4 is 4.90 Å². The van der Waals surface area contributed by atoms with Gasteiger partial charge in [-0.2, -0.15) is 0 Å². The molecule has 0 aliphatic heterocycles. The topological polar surface area (TPSA) is 3.24 Å². The second-order valence-corrected chi connectivity index (χ2v) is 3.53. The van der Waals surface area contributed by atoms with E-state index in [1.54, 1.807) is 0 Å². The van der Waals surface area contributed by atoms with Gasteiger partial charge in [0.15, 0.2) is 0 Å². The predicted octanol–water partition coefficient (Wildman–Crippen LogP) is 3.35. The van der Waals surface area contributed by atoms with Gasteiger partial charge in [-0.05, 0) is 24.1 Å². The van der Waals surface area contributed by atoms with E-state index in [0.29, 0.717) is 0 Å². The SMILES string of the molecule is C=Cc1c(C)ccc(N(C)C)c1C=C. The molecule has 0 heterocycles. The van der Waals surface area contributed by atoms with Gasteiger partial charge in [-0.15, -0.1) is 0 Å². The second kappa shape index (κ2) is 4.14. The van der Waals surface area contributed by atoms with E-state index in [9.17, 15) is 0 Å². The third-order valence-electron chi connectivity index (χ3n) is 2.37. The molecule has 1 aromatic rings. The number of aryl methyl sites for hydroxylation is 1. The molecule has 0 aliphatic rings. The molecule has 0 N–H and O–H groups in total. The van der Waals surface area contributed by atoms with Gasteiger partial charge in [0.1, 0.15) is 0 Å². The van der Waals surface area contributed by atoms with Crippen LogP contribution in [0.5, 0.6) is 0 Å². The smallest absolute Gasteiger partial charge is 0.0440 e. The molecule has 0 bridgehead atoms. The van der Waals surface area contributed by atoms with Crippen molar-refractivity contribution >= 4 is 17.8 Å². The minimum Gasteiger partial charge on any atom is -0.377 e. The first-order valence-corrected chi connectivity index (χ1v) is 4.67. The van der Waals surface area contributed by atoms with Crippen molar-refractivity contribution < 1.29 is 0 Å². The molecule has 0 fully saturated rings. The van der Waals surface area contributed by atoms with Crippen molar-refractivity contribution in [3.63, 3.8) is 0 Å². The molecule has 1 heteroatoms. The lowest BCUT2D eigenvalue weighted by molar-refractivity contribution is 1.12. The maximum atomic E-state index is 3.85. The van der Waals surface area contributed by atoms with Crippen LogP contribution in [0.1, 0.15) is 16.7 Å². The van der Waals surface area contributed by atoms with Crippen LogP contribution in [0.25, 0.3) is 12.2 Å². The van der Waals surface area contributed by atoms with Crippen molar-refractivity contribution in [1.29, 1.82) is 0 Å². The van der Waals surface area contributed by atoms with Crippen LogP contribution in [0.3, 0.4) is 0 Å². The zero-order chi connectivity index (χ0) is 10.7. The molecule has 0 amide bonds. The summed E-state index contributed by atoms with van der Waals surface area (Å²) in [5, 5.41) is 0. The van der Waals surface area contributed by atoms with Crippen LogP contribution in [-0.2, 0) is 0 Å². The van der Waals surface area contributed by atoms with Crippen LogP contribution in [0.15, 0.2) is 25.3 Å². The summed E-state index contributed by atoms with van der Waals surface area (Å²) < 4.78 is 0. The first-order chi connectivity index (χ1) is 6.61. The minimum absolute atomic E-state index is 1.16. The molecule has 0 radical (unpaired) electrons. The Balaban J connectivity index is 3.48. The number of nitrogens with zero attached hydrogens (tertiary/aromatic N) is 1. The zero-order valence-corrected chi connectivity index (χ0v) is 9.17. The first-order valence-electron chi connectivity index (χ1n) is 4.67. The van der Waals surface area contributed by atoms with E-state index in [4.69, 9.17) is 0 Å². The van der Waals surface area contributed by atoms with Gasteiger partial charge in [0.05, 0.1) is 0 Å². The molecule has 0 atom stereocenters. The molecule has 1 rings (SSSR count). The quantitative estimate of drug-likeness (QED) is 0.701. The van der Waals surface area contributed by atoms with Crippen LogP contribution >= 0.6 is 0 Å². The summed E-state index contributed by atoms with van der Waals surface area (Å²) in [6.07, 6.45) is 3.78. The summed E-state index contributed by atoms with van der Waals surface area (Å²) in [6, 6.07) is 4.22. The normalized spacial score (nSPS) is 9.64. The van der Waals surface area contributed by atoms with E-state index < -0.39 is 0 Å². The third kappa shape index (κ3) is 1.72. The van der Waals surface area contributed by atoms with E-state index in [1.807, 2.05) is 26.2 Å². The number of hydrogen-bond acceptors (Lipinski definition) is 1. The van der Waals surface area contributed by atoms with Gasteiger partial charge in [-0.3, -0.25) is 0 Å². The first kappa shape index (κ1) is 10.6. The van der Waals surface area contributed by atoms with Gasteiger partial charge in [0.2, 0.25) is 0 Å². The second-order valence-electron chi connectivity index (χ2n) is 3.53. The number of benzene rings is 1. The lowest BCUT2D eigenvalue weighted by Crippen LogP contribution is -2.11. The Hall–Kier alpha value is -1.50. The van der Waals surface area contributed by atoms with Crippen LogP contribution in [0, 0.1) is 6.92 Å². The largest absolute Gasteiger partial charge is 0.377 e. The van der Waals surface area contributed by atoms with E-state index in [-0.39, 0.29) is 0 Å². The Morgan fingerprint density at radius 2 is 1.64 bits per heavy atom. The molecule has 1 nitrogen and oxygen atoms in total. The fourth-order valence-corrected chi connectivity index (χ4v) is 1.61. The lowest BCUT2D eigenvalue weighted by atomic mass is 9.99. The van der Waals surface area contributed by atoms with Crippen molar-refractivity contribution in [2.24, 2.45) is 0 Å². The van der Waals surface area contributed by atoms with Gasteiger partial charge >= 0.3 is 0 Å². The monoisotopic (exact) mass is 187 g/mol. The average Bonchev–Trinajstić information content (AvgIpc) is 2.16. The summed E-state index contributed by atoms with van der Waals surface area (Å²) in [5.41, 5.74) is 4.75. The Kier molecular flexibility index (Phi) is 3.13. The molecular weight excluding hydrogens is 170 g/mol. The number of hydrogen-bond donors (Lipinski definition) is 0. The lowest BCUT2D eigenvalue weighted by Gasteiger charge is -2.18. The zero-order valence-electron chi connectivity index (χ0n) is 9.17. The number of rotatable bonds is 3. The molecule has 0 aliphatic carbocycles. The van der Waals surface area contributed by atoms with Crippen molar-refractivity contribution in [2.75, 3.05) is 19.0 Å². The maximum absolute atomic E-state index is 3.85. The summed E-state index contributed by atoms with van der Waals surface area (Å²) in [7, 11) is 4.06. The Morgan fingerprint density at radius 3 is 2.07 bits per heavy atom. The van der Waals surface area contributed by atoms with Gasteiger partial charge < -0.3 is 4.90 Å². The Bertz CT molecular complexity index is 362. The maximum Gasteiger partial charge on any atom is 0.0440 e. The highest BCUT2D eigenvalue weighted by Gasteiger charge is 2.06. The summed E-state index contributed by atoms with van der Waals surface area (Å²) in [4.78, 5) is 2.09. The van der Waals surface area contributed by atoms with Crippen molar-refractivity contribution in [3.05, 3.63) is 42.0 Å². The fraction of sp³-hybridized carbons (Fsp3) is 0.231. The number of anilines is 1. The van der Waals surface area contributed by atoms with E-state index in [2.05, 4.69) is 37.1 Å². The Labute approximate surface area is 86.4 Å². The Morgan fingerprint density at radius 1 is 1.07 bits per heavy atom. The highest BCUT2D eigenvalue weighted by molar-refractivity contribution is 5.77. The molecule has 0 saturated heterocycles. The molecule has 0 aromatic heterocycles. The van der Waals surface area contributed by atoms with Crippen LogP contribution in [-0.4, -0.2) is 14.1 Å². The highest BCUT2D eigenvalue weighted by Crippen LogP contribution is 2.27. The van der Waals surface area contributed by atoms with Gasteiger partial charge in [0.25, 0.3) is 0 Å². The minimum atomic E-state index is 1.16. The predicted molar refractivity (Wildman–Crippen MR) is 65.7 cm³/mol. The summed E-state index contributed by atoms with van der Waals surface area (Å²) in [6.45, 7) is 9.77. The molecule has 14 heavy (non-hydrogen) atoms. The highest BCUT2D eigenvalue weighted by atomic mass is 15.1. The van der Waals surface area contributed by atoms with Crippen molar-refractivity contribution in [2.45, 2.75) is 6.92 Å². The van der Waals surface area contributed by atoms with E-state index >= 15 is 0 Å². The van der Waals surface area contributed by atoms with Crippen LogP contribution in [0.2, 0.25) is 0 Å². The van der Waals surface area contributed by atoms with Crippen molar-refractivity contribution in [3.8, 4) is 0 Å².